The molecule has 0 saturated carbocycles. The zero-order valence-electron chi connectivity index (χ0n) is 7.64. The molecule has 2 N–H and O–H groups in total. The molecular formula is C8H8BrN3OS2. The molecule has 0 aliphatic rings. The van der Waals surface area contributed by atoms with Crippen LogP contribution in [0.2, 0.25) is 0 Å². The maximum Gasteiger partial charge on any atom is 0.276 e. The number of thioether (sulfide) groups is 1. The Hall–Kier alpha value is -0.370. The van der Waals surface area contributed by atoms with Crippen LogP contribution in [-0.4, -0.2) is 10.2 Å². The molecule has 2 heterocycles. The fourth-order valence-corrected chi connectivity index (χ4v) is 2.97. The van der Waals surface area contributed by atoms with Crippen molar-refractivity contribution in [1.29, 1.82) is 0 Å². The van der Waals surface area contributed by atoms with Gasteiger partial charge in [-0.15, -0.1) is 21.5 Å². The standard InChI is InChI=1S/C8H8BrN3OS2/c9-6-1-5(3-14-6)4-15-8-12-11-7(2-10)13-8/h1,3H,2,4,10H2. The van der Waals surface area contributed by atoms with Crippen molar-refractivity contribution < 1.29 is 4.42 Å². The zero-order valence-corrected chi connectivity index (χ0v) is 10.9. The van der Waals surface area contributed by atoms with Crippen LogP contribution >= 0.6 is 39.0 Å². The number of nitrogens with zero attached hydrogens (tertiary/aromatic N) is 2. The van der Waals surface area contributed by atoms with Gasteiger partial charge in [0.05, 0.1) is 10.3 Å². The molecule has 0 aliphatic heterocycles. The molecule has 0 atom stereocenters. The van der Waals surface area contributed by atoms with Crippen LogP contribution in [-0.2, 0) is 12.3 Å². The summed E-state index contributed by atoms with van der Waals surface area (Å²) in [6, 6.07) is 2.08. The van der Waals surface area contributed by atoms with Gasteiger partial charge in [-0.05, 0) is 32.9 Å². The lowest BCUT2D eigenvalue weighted by Crippen LogP contribution is -1.95. The van der Waals surface area contributed by atoms with E-state index in [9.17, 15) is 0 Å². The topological polar surface area (TPSA) is 64.9 Å². The summed E-state index contributed by atoms with van der Waals surface area (Å²) >= 11 is 6.59. The van der Waals surface area contributed by atoms with Crippen molar-refractivity contribution in [3.05, 3.63) is 26.7 Å². The lowest BCUT2D eigenvalue weighted by atomic mass is 10.4. The first-order valence-corrected chi connectivity index (χ1v) is 6.82. The van der Waals surface area contributed by atoms with Crippen LogP contribution in [0.15, 0.2) is 24.9 Å². The summed E-state index contributed by atoms with van der Waals surface area (Å²) in [7, 11) is 0. The van der Waals surface area contributed by atoms with Gasteiger partial charge in [0.25, 0.3) is 5.22 Å². The van der Waals surface area contributed by atoms with Crippen LogP contribution in [0.25, 0.3) is 0 Å². The molecule has 0 spiro atoms. The van der Waals surface area contributed by atoms with E-state index in [0.717, 1.165) is 9.54 Å². The summed E-state index contributed by atoms with van der Waals surface area (Å²) in [5.41, 5.74) is 6.60. The lowest BCUT2D eigenvalue weighted by molar-refractivity contribution is 0.415. The van der Waals surface area contributed by atoms with E-state index in [1.165, 1.54) is 17.3 Å². The third-order valence-electron chi connectivity index (χ3n) is 1.61. The number of halogens is 1. The van der Waals surface area contributed by atoms with Crippen LogP contribution in [0.4, 0.5) is 0 Å². The molecule has 2 aromatic heterocycles. The molecule has 2 rings (SSSR count). The molecule has 0 aliphatic carbocycles. The Kier molecular flexibility index (Phi) is 3.79. The van der Waals surface area contributed by atoms with Gasteiger partial charge in [0.2, 0.25) is 5.89 Å². The van der Waals surface area contributed by atoms with Crippen molar-refractivity contribution >= 4 is 39.0 Å². The average molecular weight is 306 g/mol. The average Bonchev–Trinajstić information content (AvgIpc) is 2.83. The van der Waals surface area contributed by atoms with Gasteiger partial charge in [-0.3, -0.25) is 0 Å². The minimum atomic E-state index is 0.289. The molecule has 80 valence electrons. The largest absolute Gasteiger partial charge is 0.415 e. The second kappa shape index (κ2) is 5.11. The first-order valence-electron chi connectivity index (χ1n) is 4.16. The van der Waals surface area contributed by atoms with Gasteiger partial charge in [-0.2, -0.15) is 0 Å². The van der Waals surface area contributed by atoms with Crippen LogP contribution in [0, 0.1) is 0 Å². The first kappa shape index (κ1) is 11.1. The molecule has 0 amide bonds. The number of nitrogens with two attached hydrogens (primary N) is 1. The van der Waals surface area contributed by atoms with Crippen molar-refractivity contribution in [3.63, 3.8) is 0 Å². The van der Waals surface area contributed by atoms with E-state index in [-0.39, 0.29) is 6.54 Å². The molecule has 15 heavy (non-hydrogen) atoms. The Balaban J connectivity index is 1.93. The van der Waals surface area contributed by atoms with Gasteiger partial charge in [0.1, 0.15) is 0 Å². The highest BCUT2D eigenvalue weighted by Crippen LogP contribution is 2.26. The quantitative estimate of drug-likeness (QED) is 0.880. The zero-order chi connectivity index (χ0) is 10.7. The molecule has 0 bridgehead atoms. The molecular weight excluding hydrogens is 298 g/mol. The van der Waals surface area contributed by atoms with E-state index >= 15 is 0 Å². The highest BCUT2D eigenvalue weighted by molar-refractivity contribution is 9.11. The smallest absolute Gasteiger partial charge is 0.276 e. The number of aromatic nitrogens is 2. The maximum absolute atomic E-state index is 5.36. The fraction of sp³-hybridized carbons (Fsp3) is 0.250. The van der Waals surface area contributed by atoms with Gasteiger partial charge < -0.3 is 10.2 Å². The van der Waals surface area contributed by atoms with E-state index < -0.39 is 0 Å². The van der Waals surface area contributed by atoms with E-state index in [0.29, 0.717) is 11.1 Å². The molecule has 4 nitrogen and oxygen atoms in total. The minimum absolute atomic E-state index is 0.289. The molecule has 0 saturated heterocycles. The minimum Gasteiger partial charge on any atom is -0.415 e. The predicted molar refractivity (Wildman–Crippen MR) is 63.8 cm³/mol. The maximum atomic E-state index is 5.36. The first-order chi connectivity index (χ1) is 7.28. The van der Waals surface area contributed by atoms with Crippen molar-refractivity contribution in [1.82, 2.24) is 10.2 Å². The van der Waals surface area contributed by atoms with Crippen molar-refractivity contribution in [3.8, 4) is 0 Å². The summed E-state index contributed by atoms with van der Waals surface area (Å²) in [6.45, 7) is 0.289. The van der Waals surface area contributed by atoms with Crippen molar-refractivity contribution in [2.45, 2.75) is 17.5 Å². The van der Waals surface area contributed by atoms with Crippen LogP contribution in [0.3, 0.4) is 0 Å². The highest BCUT2D eigenvalue weighted by Gasteiger charge is 2.06. The second-order valence-corrected chi connectivity index (χ2v) is 5.93. The molecule has 2 aromatic rings. The summed E-state index contributed by atoms with van der Waals surface area (Å²) in [5.74, 6) is 1.30. The third kappa shape index (κ3) is 3.04. The fourth-order valence-electron chi connectivity index (χ4n) is 0.946. The number of rotatable bonds is 4. The molecule has 7 heteroatoms. The Morgan fingerprint density at radius 3 is 3.00 bits per heavy atom. The van der Waals surface area contributed by atoms with Gasteiger partial charge in [-0.25, -0.2) is 0 Å². The van der Waals surface area contributed by atoms with E-state index in [1.807, 2.05) is 0 Å². The normalized spacial score (nSPS) is 10.8. The SMILES string of the molecule is NCc1nnc(SCc2csc(Br)c2)o1. The van der Waals surface area contributed by atoms with E-state index in [4.69, 9.17) is 10.2 Å². The van der Waals surface area contributed by atoms with Crippen molar-refractivity contribution in [2.75, 3.05) is 0 Å². The lowest BCUT2D eigenvalue weighted by Gasteiger charge is -1.91. The van der Waals surface area contributed by atoms with Gasteiger partial charge in [0.15, 0.2) is 0 Å². The van der Waals surface area contributed by atoms with Gasteiger partial charge in [0, 0.05) is 5.75 Å². The summed E-state index contributed by atoms with van der Waals surface area (Å²) in [6.07, 6.45) is 0. The predicted octanol–water partition coefficient (Wildman–Crippen LogP) is 2.64. The third-order valence-corrected chi connectivity index (χ3v) is 4.05. The van der Waals surface area contributed by atoms with Gasteiger partial charge in [-0.1, -0.05) is 11.8 Å². The van der Waals surface area contributed by atoms with Crippen molar-refractivity contribution in [2.24, 2.45) is 5.73 Å². The monoisotopic (exact) mass is 305 g/mol. The van der Waals surface area contributed by atoms with E-state index in [2.05, 4.69) is 37.6 Å². The van der Waals surface area contributed by atoms with Crippen LogP contribution in [0.5, 0.6) is 0 Å². The number of thiophene rings is 1. The summed E-state index contributed by atoms with van der Waals surface area (Å²) in [4.78, 5) is 0. The molecule has 0 aromatic carbocycles. The Bertz CT molecular complexity index is 443. The summed E-state index contributed by atoms with van der Waals surface area (Å²) < 4.78 is 6.40. The second-order valence-electron chi connectivity index (χ2n) is 2.71. The van der Waals surface area contributed by atoms with E-state index in [1.54, 1.807) is 11.3 Å². The highest BCUT2D eigenvalue weighted by atomic mass is 79.9. The van der Waals surface area contributed by atoms with Crippen LogP contribution < -0.4 is 5.73 Å². The molecule has 0 fully saturated rings. The molecule has 0 radical (unpaired) electrons. The molecule has 0 unspecified atom stereocenters. The number of hydrogen-bond donors (Lipinski definition) is 1. The Morgan fingerprint density at radius 1 is 1.53 bits per heavy atom. The summed E-state index contributed by atoms with van der Waals surface area (Å²) in [5, 5.41) is 10.3. The Labute approximate surface area is 103 Å². The number of hydrogen-bond acceptors (Lipinski definition) is 6. The Morgan fingerprint density at radius 2 is 2.40 bits per heavy atom. The van der Waals surface area contributed by atoms with Gasteiger partial charge >= 0.3 is 0 Å². The van der Waals surface area contributed by atoms with Crippen LogP contribution in [0.1, 0.15) is 11.5 Å².